The molecule has 0 aromatic heterocycles. The Morgan fingerprint density at radius 1 is 1.46 bits per heavy atom. The second kappa shape index (κ2) is 5.14. The zero-order chi connectivity index (χ0) is 9.03. The van der Waals surface area contributed by atoms with Crippen molar-refractivity contribution in [2.45, 2.75) is 18.5 Å². The molecule has 0 fully saturated rings. The largest absolute Gasteiger partial charge is 0.412 e. The van der Waals surface area contributed by atoms with Crippen LogP contribution in [0.1, 0.15) is 6.92 Å². The van der Waals surface area contributed by atoms with Crippen molar-refractivity contribution in [2.75, 3.05) is 13.1 Å². The molecule has 1 rings (SSSR count). The van der Waals surface area contributed by atoms with Crippen LogP contribution in [0.5, 0.6) is 0 Å². The fraction of sp³-hybridized carbons (Fsp3) is 0.556. The number of allylic oxidation sites excluding steroid dienone is 2. The lowest BCUT2D eigenvalue weighted by molar-refractivity contribution is 0.400. The van der Waals surface area contributed by atoms with Crippen LogP contribution in [-0.4, -0.2) is 30.1 Å². The van der Waals surface area contributed by atoms with Gasteiger partial charge in [0.1, 0.15) is 0 Å². The molecule has 76 valence electrons. The van der Waals surface area contributed by atoms with E-state index in [1.54, 1.807) is 0 Å². The molecule has 0 aromatic rings. The lowest BCUT2D eigenvalue weighted by Crippen LogP contribution is -2.55. The predicted molar refractivity (Wildman–Crippen MR) is 55.3 cm³/mol. The Balaban J connectivity index is 0.00000144. The molecule has 2 atom stereocenters. The molecule has 0 saturated heterocycles. The first kappa shape index (κ1) is 12.3. The molecule has 1 aliphatic rings. The van der Waals surface area contributed by atoms with Crippen molar-refractivity contribution >= 4 is 0 Å². The van der Waals surface area contributed by atoms with Gasteiger partial charge in [0.25, 0.3) is 0 Å². The average molecular weight is 185 g/mol. The standard InChI is InChI=1S/C9H17N3.H2O/c1-9(12-7-6-10)5-3-2-4-8(9)11;/h2-5,8,12H,6-7,10-11H2,1H3;1H2. The Kier molecular flexibility index (Phi) is 4.87. The third-order valence-electron chi connectivity index (χ3n) is 2.21. The zero-order valence-electron chi connectivity index (χ0n) is 7.96. The summed E-state index contributed by atoms with van der Waals surface area (Å²) in [6.07, 6.45) is 8.04. The van der Waals surface area contributed by atoms with Crippen LogP contribution in [0.3, 0.4) is 0 Å². The van der Waals surface area contributed by atoms with Crippen LogP contribution in [-0.2, 0) is 0 Å². The van der Waals surface area contributed by atoms with Gasteiger partial charge in [-0.3, -0.25) is 0 Å². The van der Waals surface area contributed by atoms with Gasteiger partial charge in [-0.2, -0.15) is 0 Å². The van der Waals surface area contributed by atoms with Crippen LogP contribution in [0.2, 0.25) is 0 Å². The topological polar surface area (TPSA) is 95.6 Å². The van der Waals surface area contributed by atoms with Crippen LogP contribution in [0, 0.1) is 0 Å². The van der Waals surface area contributed by atoms with E-state index in [0.29, 0.717) is 6.54 Å². The summed E-state index contributed by atoms with van der Waals surface area (Å²) >= 11 is 0. The van der Waals surface area contributed by atoms with Crippen LogP contribution in [0.15, 0.2) is 24.3 Å². The summed E-state index contributed by atoms with van der Waals surface area (Å²) < 4.78 is 0. The molecule has 2 unspecified atom stereocenters. The monoisotopic (exact) mass is 185 g/mol. The fourth-order valence-corrected chi connectivity index (χ4v) is 1.27. The normalized spacial score (nSPS) is 31.5. The number of hydrogen-bond acceptors (Lipinski definition) is 3. The maximum atomic E-state index is 5.91. The summed E-state index contributed by atoms with van der Waals surface area (Å²) in [5, 5.41) is 3.31. The van der Waals surface area contributed by atoms with Crippen molar-refractivity contribution in [1.82, 2.24) is 5.32 Å². The van der Waals surface area contributed by atoms with E-state index in [-0.39, 0.29) is 17.1 Å². The van der Waals surface area contributed by atoms with E-state index < -0.39 is 0 Å². The van der Waals surface area contributed by atoms with E-state index in [1.807, 2.05) is 18.2 Å². The average Bonchev–Trinajstić information content (AvgIpc) is 2.07. The molecule has 0 saturated carbocycles. The summed E-state index contributed by atoms with van der Waals surface area (Å²) in [5.41, 5.74) is 11.2. The predicted octanol–water partition coefficient (Wildman–Crippen LogP) is -1.08. The number of rotatable bonds is 3. The molecule has 0 spiro atoms. The minimum Gasteiger partial charge on any atom is -0.412 e. The third kappa shape index (κ3) is 2.93. The van der Waals surface area contributed by atoms with Crippen LogP contribution < -0.4 is 16.8 Å². The highest BCUT2D eigenvalue weighted by Gasteiger charge is 2.27. The summed E-state index contributed by atoms with van der Waals surface area (Å²) in [6, 6.07) is 0.0362. The van der Waals surface area contributed by atoms with Gasteiger partial charge in [-0.15, -0.1) is 0 Å². The van der Waals surface area contributed by atoms with Gasteiger partial charge in [-0.1, -0.05) is 24.3 Å². The molecule has 0 aromatic carbocycles. The van der Waals surface area contributed by atoms with E-state index in [4.69, 9.17) is 11.5 Å². The second-order valence-corrected chi connectivity index (χ2v) is 3.27. The fourth-order valence-electron chi connectivity index (χ4n) is 1.27. The van der Waals surface area contributed by atoms with E-state index in [0.717, 1.165) is 6.54 Å². The Morgan fingerprint density at radius 2 is 2.15 bits per heavy atom. The lowest BCUT2D eigenvalue weighted by atomic mass is 9.89. The Bertz CT molecular complexity index is 203. The molecule has 13 heavy (non-hydrogen) atoms. The SMILES string of the molecule is CC1(NCCN)C=CC=CC1N.O. The number of nitrogens with two attached hydrogens (primary N) is 2. The first-order chi connectivity index (χ1) is 5.69. The highest BCUT2D eigenvalue weighted by molar-refractivity contribution is 5.25. The number of hydrogen-bond donors (Lipinski definition) is 3. The summed E-state index contributed by atoms with van der Waals surface area (Å²) in [6.45, 7) is 3.51. The Hall–Kier alpha value is -0.680. The summed E-state index contributed by atoms with van der Waals surface area (Å²) in [5.74, 6) is 0. The maximum Gasteiger partial charge on any atom is 0.0529 e. The molecule has 4 heteroatoms. The lowest BCUT2D eigenvalue weighted by Gasteiger charge is -2.33. The second-order valence-electron chi connectivity index (χ2n) is 3.27. The Labute approximate surface area is 79.0 Å². The highest BCUT2D eigenvalue weighted by Crippen LogP contribution is 2.15. The van der Waals surface area contributed by atoms with Gasteiger partial charge < -0.3 is 22.3 Å². The third-order valence-corrected chi connectivity index (χ3v) is 2.21. The number of nitrogens with one attached hydrogen (secondary N) is 1. The van der Waals surface area contributed by atoms with Gasteiger partial charge in [-0.25, -0.2) is 0 Å². The van der Waals surface area contributed by atoms with Crippen molar-refractivity contribution in [3.63, 3.8) is 0 Å². The van der Waals surface area contributed by atoms with Gasteiger partial charge in [0.15, 0.2) is 0 Å². The van der Waals surface area contributed by atoms with Gasteiger partial charge in [0.2, 0.25) is 0 Å². The quantitative estimate of drug-likeness (QED) is 0.522. The van der Waals surface area contributed by atoms with Gasteiger partial charge in [-0.05, 0) is 6.92 Å². The molecule has 0 aliphatic heterocycles. The first-order valence-electron chi connectivity index (χ1n) is 4.26. The summed E-state index contributed by atoms with van der Waals surface area (Å²) in [7, 11) is 0. The molecule has 0 radical (unpaired) electrons. The summed E-state index contributed by atoms with van der Waals surface area (Å²) in [4.78, 5) is 0. The van der Waals surface area contributed by atoms with E-state index in [2.05, 4.69) is 18.3 Å². The molecule has 4 nitrogen and oxygen atoms in total. The van der Waals surface area contributed by atoms with Crippen LogP contribution >= 0.6 is 0 Å². The van der Waals surface area contributed by atoms with Gasteiger partial charge >= 0.3 is 0 Å². The molecule has 7 N–H and O–H groups in total. The van der Waals surface area contributed by atoms with Crippen LogP contribution in [0.25, 0.3) is 0 Å². The molecular formula is C9H19N3O. The Morgan fingerprint density at radius 3 is 2.69 bits per heavy atom. The maximum absolute atomic E-state index is 5.91. The zero-order valence-corrected chi connectivity index (χ0v) is 7.96. The smallest absolute Gasteiger partial charge is 0.0529 e. The van der Waals surface area contributed by atoms with Crippen molar-refractivity contribution in [3.8, 4) is 0 Å². The molecule has 1 aliphatic carbocycles. The molecule has 0 amide bonds. The van der Waals surface area contributed by atoms with E-state index >= 15 is 0 Å². The van der Waals surface area contributed by atoms with Crippen molar-refractivity contribution < 1.29 is 5.48 Å². The van der Waals surface area contributed by atoms with Gasteiger partial charge in [0.05, 0.1) is 5.54 Å². The van der Waals surface area contributed by atoms with Gasteiger partial charge in [0, 0.05) is 19.1 Å². The molecule has 0 heterocycles. The molecular weight excluding hydrogens is 166 g/mol. The van der Waals surface area contributed by atoms with Crippen molar-refractivity contribution in [3.05, 3.63) is 24.3 Å². The highest BCUT2D eigenvalue weighted by atomic mass is 16.0. The first-order valence-corrected chi connectivity index (χ1v) is 4.26. The van der Waals surface area contributed by atoms with Crippen molar-refractivity contribution in [1.29, 1.82) is 0 Å². The van der Waals surface area contributed by atoms with Crippen molar-refractivity contribution in [2.24, 2.45) is 11.5 Å². The minimum absolute atomic E-state index is 0. The van der Waals surface area contributed by atoms with E-state index in [1.165, 1.54) is 0 Å². The molecule has 0 bridgehead atoms. The minimum atomic E-state index is -0.131. The van der Waals surface area contributed by atoms with Crippen LogP contribution in [0.4, 0.5) is 0 Å². The van der Waals surface area contributed by atoms with E-state index in [9.17, 15) is 0 Å².